The van der Waals surface area contributed by atoms with Gasteiger partial charge in [-0.2, -0.15) is 0 Å². The van der Waals surface area contributed by atoms with E-state index in [1.807, 2.05) is 6.92 Å². The molecule has 5 nitrogen and oxygen atoms in total. The summed E-state index contributed by atoms with van der Waals surface area (Å²) in [4.78, 5) is 23.6. The van der Waals surface area contributed by atoms with Gasteiger partial charge in [-0.1, -0.05) is 0 Å². The second kappa shape index (κ2) is 4.97. The highest BCUT2D eigenvalue weighted by Crippen LogP contribution is 2.39. The lowest BCUT2D eigenvalue weighted by Gasteiger charge is -2.05. The Balaban J connectivity index is 1.97. The monoisotopic (exact) mass is 270 g/mol. The van der Waals surface area contributed by atoms with Crippen molar-refractivity contribution in [2.75, 3.05) is 13.7 Å². The number of carbonyl (C=O) groups is 2. The van der Waals surface area contributed by atoms with Gasteiger partial charge in [0.1, 0.15) is 5.75 Å². The topological polar surface area (TPSA) is 72.8 Å². The summed E-state index contributed by atoms with van der Waals surface area (Å²) in [5.74, 6) is -0.966. The summed E-state index contributed by atoms with van der Waals surface area (Å²) in [7, 11) is 1.32. The third-order valence-electron chi connectivity index (χ3n) is 2.88. The lowest BCUT2D eigenvalue weighted by atomic mass is 10.3. The number of carboxylic acid groups (broad SMARTS) is 1. The summed E-state index contributed by atoms with van der Waals surface area (Å²) in [6, 6.07) is 1.77. The second-order valence-corrected chi connectivity index (χ2v) is 5.55. The summed E-state index contributed by atoms with van der Waals surface area (Å²) >= 11 is 1.31. The molecule has 1 aromatic heterocycles. The van der Waals surface area contributed by atoms with Crippen LogP contribution >= 0.6 is 11.3 Å². The minimum absolute atomic E-state index is 0.0493. The highest BCUT2D eigenvalue weighted by atomic mass is 32.1. The molecule has 0 aliphatic heterocycles. The molecule has 1 aliphatic carbocycles. The van der Waals surface area contributed by atoms with Gasteiger partial charge >= 0.3 is 11.9 Å². The largest absolute Gasteiger partial charge is 0.491 e. The van der Waals surface area contributed by atoms with E-state index in [9.17, 15) is 9.59 Å². The van der Waals surface area contributed by atoms with Crippen LogP contribution in [0.15, 0.2) is 6.07 Å². The van der Waals surface area contributed by atoms with Crippen LogP contribution in [0, 0.1) is 18.8 Å². The van der Waals surface area contributed by atoms with Gasteiger partial charge in [-0.3, -0.25) is 4.79 Å². The summed E-state index contributed by atoms with van der Waals surface area (Å²) < 4.78 is 10.2. The minimum atomic E-state index is -0.779. The van der Waals surface area contributed by atoms with Crippen LogP contribution in [-0.2, 0) is 9.53 Å². The van der Waals surface area contributed by atoms with E-state index < -0.39 is 11.9 Å². The van der Waals surface area contributed by atoms with E-state index in [1.165, 1.54) is 18.4 Å². The zero-order valence-corrected chi connectivity index (χ0v) is 11.0. The smallest absolute Gasteiger partial charge is 0.351 e. The van der Waals surface area contributed by atoms with Gasteiger partial charge in [-0.05, 0) is 19.4 Å². The average molecular weight is 270 g/mol. The average Bonchev–Trinajstić information content (AvgIpc) is 3.02. The molecule has 0 bridgehead atoms. The summed E-state index contributed by atoms with van der Waals surface area (Å²) in [6.45, 7) is 2.21. The van der Waals surface area contributed by atoms with Gasteiger partial charge in [0.05, 0.1) is 19.6 Å². The molecule has 98 valence electrons. The van der Waals surface area contributed by atoms with Crippen LogP contribution in [0.4, 0.5) is 0 Å². The molecule has 0 radical (unpaired) electrons. The predicted molar refractivity (Wildman–Crippen MR) is 65.1 cm³/mol. The number of hydrogen-bond donors (Lipinski definition) is 1. The van der Waals surface area contributed by atoms with E-state index in [0.717, 1.165) is 4.88 Å². The van der Waals surface area contributed by atoms with Crippen LogP contribution in [0.2, 0.25) is 0 Å². The highest BCUT2D eigenvalue weighted by molar-refractivity contribution is 7.14. The van der Waals surface area contributed by atoms with Crippen LogP contribution < -0.4 is 4.74 Å². The molecular formula is C12H14O5S. The molecule has 0 unspecified atom stereocenters. The normalized spacial score (nSPS) is 21.4. The predicted octanol–water partition coefficient (Wildman–Crippen LogP) is 1.94. The zero-order valence-electron chi connectivity index (χ0n) is 10.1. The van der Waals surface area contributed by atoms with Gasteiger partial charge in [0.2, 0.25) is 0 Å². The van der Waals surface area contributed by atoms with Crippen molar-refractivity contribution in [3.63, 3.8) is 0 Å². The molecule has 0 spiro atoms. The number of esters is 1. The molecule has 1 saturated carbocycles. The van der Waals surface area contributed by atoms with Crippen molar-refractivity contribution in [2.45, 2.75) is 13.3 Å². The van der Waals surface area contributed by atoms with Crippen LogP contribution in [0.25, 0.3) is 0 Å². The highest BCUT2D eigenvalue weighted by Gasteiger charge is 2.43. The van der Waals surface area contributed by atoms with Crippen molar-refractivity contribution in [3.8, 4) is 5.75 Å². The number of thiophene rings is 1. The lowest BCUT2D eigenvalue weighted by molar-refractivity contribution is -0.138. The SMILES string of the molecule is COC(=O)c1sc(C)cc1OC[C@@H]1C[C@H]1C(=O)O. The van der Waals surface area contributed by atoms with Gasteiger partial charge in [0.15, 0.2) is 4.88 Å². The number of rotatable bonds is 5. The maximum absolute atomic E-state index is 11.5. The van der Waals surface area contributed by atoms with E-state index >= 15 is 0 Å². The summed E-state index contributed by atoms with van der Waals surface area (Å²) in [5, 5.41) is 8.78. The Morgan fingerprint density at radius 1 is 1.56 bits per heavy atom. The Morgan fingerprint density at radius 3 is 2.83 bits per heavy atom. The Bertz CT molecular complexity index is 479. The van der Waals surface area contributed by atoms with Crippen molar-refractivity contribution >= 4 is 23.3 Å². The van der Waals surface area contributed by atoms with Crippen molar-refractivity contribution in [1.82, 2.24) is 0 Å². The summed E-state index contributed by atoms with van der Waals surface area (Å²) in [6.07, 6.45) is 0.645. The molecule has 0 aromatic carbocycles. The molecule has 2 rings (SSSR count). The second-order valence-electron chi connectivity index (χ2n) is 4.29. The van der Waals surface area contributed by atoms with E-state index in [4.69, 9.17) is 9.84 Å². The number of ether oxygens (including phenoxy) is 2. The van der Waals surface area contributed by atoms with Crippen LogP contribution in [0.1, 0.15) is 21.0 Å². The number of carboxylic acids is 1. The minimum Gasteiger partial charge on any atom is -0.491 e. The molecule has 1 aromatic rings. The van der Waals surface area contributed by atoms with Gasteiger partial charge in [0.25, 0.3) is 0 Å². The Hall–Kier alpha value is -1.56. The van der Waals surface area contributed by atoms with E-state index in [0.29, 0.717) is 23.7 Å². The fourth-order valence-electron chi connectivity index (χ4n) is 1.76. The first kappa shape index (κ1) is 12.9. The molecule has 1 heterocycles. The van der Waals surface area contributed by atoms with Crippen molar-refractivity contribution in [3.05, 3.63) is 15.8 Å². The summed E-state index contributed by atoms with van der Waals surface area (Å²) in [5.41, 5.74) is 0. The Morgan fingerprint density at radius 2 is 2.28 bits per heavy atom. The molecular weight excluding hydrogens is 256 g/mol. The molecule has 1 N–H and O–H groups in total. The molecule has 0 saturated heterocycles. The maximum Gasteiger partial charge on any atom is 0.351 e. The number of methoxy groups -OCH3 is 1. The van der Waals surface area contributed by atoms with Gasteiger partial charge in [0, 0.05) is 10.8 Å². The van der Waals surface area contributed by atoms with Gasteiger partial charge < -0.3 is 14.6 Å². The fourth-order valence-corrected chi connectivity index (χ4v) is 2.64. The van der Waals surface area contributed by atoms with Gasteiger partial charge in [-0.15, -0.1) is 11.3 Å². The van der Waals surface area contributed by atoms with Crippen molar-refractivity contribution < 1.29 is 24.2 Å². The number of hydrogen-bond acceptors (Lipinski definition) is 5. The van der Waals surface area contributed by atoms with Crippen LogP contribution in [0.5, 0.6) is 5.75 Å². The van der Waals surface area contributed by atoms with Gasteiger partial charge in [-0.25, -0.2) is 4.79 Å². The molecule has 18 heavy (non-hydrogen) atoms. The molecule has 6 heteroatoms. The zero-order chi connectivity index (χ0) is 13.3. The first-order valence-electron chi connectivity index (χ1n) is 5.57. The molecule has 1 aliphatic rings. The van der Waals surface area contributed by atoms with E-state index in [-0.39, 0.29) is 11.8 Å². The first-order chi connectivity index (χ1) is 8.52. The Labute approximate surface area is 108 Å². The Kier molecular flexibility index (Phi) is 3.56. The quantitative estimate of drug-likeness (QED) is 0.828. The van der Waals surface area contributed by atoms with E-state index in [2.05, 4.69) is 4.74 Å². The molecule has 0 amide bonds. The lowest BCUT2D eigenvalue weighted by Crippen LogP contribution is -2.08. The van der Waals surface area contributed by atoms with E-state index in [1.54, 1.807) is 6.07 Å². The van der Waals surface area contributed by atoms with Crippen LogP contribution in [-0.4, -0.2) is 30.8 Å². The van der Waals surface area contributed by atoms with Crippen molar-refractivity contribution in [1.29, 1.82) is 0 Å². The standard InChI is InChI=1S/C12H14O5S/c1-6-3-9(10(18-6)12(15)16-2)17-5-7-4-8(7)11(13)14/h3,7-8H,4-5H2,1-2H3,(H,13,14)/t7-,8+/m0/s1. The number of aliphatic carboxylic acids is 1. The maximum atomic E-state index is 11.5. The molecule has 2 atom stereocenters. The number of aryl methyl sites for hydroxylation is 1. The molecule has 1 fully saturated rings. The first-order valence-corrected chi connectivity index (χ1v) is 6.39. The fraction of sp³-hybridized carbons (Fsp3) is 0.500. The third kappa shape index (κ3) is 2.64. The third-order valence-corrected chi connectivity index (χ3v) is 3.90. The number of carbonyl (C=O) groups excluding carboxylic acids is 1. The van der Waals surface area contributed by atoms with Crippen molar-refractivity contribution in [2.24, 2.45) is 11.8 Å². The van der Waals surface area contributed by atoms with Crippen LogP contribution in [0.3, 0.4) is 0 Å².